The number of hydrogen-bond donors (Lipinski definition) is 1. The largest absolute Gasteiger partial charge is 0.481 e. The van der Waals surface area contributed by atoms with Gasteiger partial charge in [0.25, 0.3) is 0 Å². The molecule has 3 heteroatoms. The summed E-state index contributed by atoms with van der Waals surface area (Å²) in [7, 11) is 0. The summed E-state index contributed by atoms with van der Waals surface area (Å²) in [5, 5.41) is 7.99. The lowest BCUT2D eigenvalue weighted by Crippen LogP contribution is -2.27. The highest BCUT2D eigenvalue weighted by molar-refractivity contribution is 5.68. The Morgan fingerprint density at radius 2 is 0.735 bits per heavy atom. The van der Waals surface area contributed by atoms with Gasteiger partial charge in [0.15, 0.2) is 0 Å². The van der Waals surface area contributed by atoms with E-state index in [0.717, 1.165) is 17.8 Å². The minimum Gasteiger partial charge on any atom is -0.481 e. The molecular formula is C31H65NO2. The van der Waals surface area contributed by atoms with Crippen LogP contribution in [0.1, 0.15) is 152 Å². The van der Waals surface area contributed by atoms with E-state index >= 15 is 0 Å². The summed E-state index contributed by atoms with van der Waals surface area (Å²) in [5.41, 5.74) is 0. The van der Waals surface area contributed by atoms with Crippen molar-refractivity contribution in [3.8, 4) is 0 Å². The highest BCUT2D eigenvalue weighted by atomic mass is 16.4. The third-order valence-corrected chi connectivity index (χ3v) is 6.51. The van der Waals surface area contributed by atoms with Crippen LogP contribution >= 0.6 is 0 Å². The number of nitrogens with zero attached hydrogens (tertiary/aromatic N) is 1. The van der Waals surface area contributed by atoms with E-state index in [2.05, 4.69) is 46.4 Å². The fourth-order valence-corrected chi connectivity index (χ4v) is 4.06. The quantitative estimate of drug-likeness (QED) is 0.156. The Kier molecular flexibility index (Phi) is 26.7. The molecule has 0 radical (unpaired) electrons. The van der Waals surface area contributed by atoms with Crippen molar-refractivity contribution in [2.45, 2.75) is 152 Å². The van der Waals surface area contributed by atoms with Crippen molar-refractivity contribution in [1.29, 1.82) is 0 Å². The van der Waals surface area contributed by atoms with Gasteiger partial charge in [-0.25, -0.2) is 0 Å². The van der Waals surface area contributed by atoms with Crippen LogP contribution < -0.4 is 0 Å². The van der Waals surface area contributed by atoms with Crippen molar-refractivity contribution in [2.24, 2.45) is 23.7 Å². The zero-order valence-corrected chi connectivity index (χ0v) is 24.8. The van der Waals surface area contributed by atoms with Gasteiger partial charge in [0, 0.05) is 0 Å². The predicted molar refractivity (Wildman–Crippen MR) is 153 cm³/mol. The molecule has 0 saturated carbocycles. The Bertz CT molecular complexity index is 370. The second-order valence-electron chi connectivity index (χ2n) is 12.1. The molecule has 0 rings (SSSR count). The third kappa shape index (κ3) is 31.4. The molecule has 3 nitrogen and oxygen atoms in total. The number of carboxylic acids is 1. The molecule has 0 saturated heterocycles. The summed E-state index contributed by atoms with van der Waals surface area (Å²) in [4.78, 5) is 12.5. The van der Waals surface area contributed by atoms with E-state index in [1.54, 1.807) is 13.8 Å². The zero-order valence-electron chi connectivity index (χ0n) is 24.8. The maximum absolute atomic E-state index is 9.70. The first-order chi connectivity index (χ1) is 16.1. The molecule has 0 aliphatic heterocycles. The molecule has 0 aromatic rings. The van der Waals surface area contributed by atoms with Crippen molar-refractivity contribution in [2.75, 3.05) is 19.6 Å². The van der Waals surface area contributed by atoms with Crippen LogP contribution in [0, 0.1) is 23.7 Å². The lowest BCUT2D eigenvalue weighted by Gasteiger charge is -2.22. The Hall–Kier alpha value is -0.570. The topological polar surface area (TPSA) is 40.5 Å². The van der Waals surface area contributed by atoms with Gasteiger partial charge in [0.2, 0.25) is 0 Å². The van der Waals surface area contributed by atoms with Gasteiger partial charge in [0.1, 0.15) is 0 Å². The molecule has 0 amide bonds. The van der Waals surface area contributed by atoms with Crippen LogP contribution in [0.25, 0.3) is 0 Å². The Morgan fingerprint density at radius 3 is 0.941 bits per heavy atom. The molecule has 206 valence electrons. The Morgan fingerprint density at radius 1 is 0.500 bits per heavy atom. The van der Waals surface area contributed by atoms with Crippen LogP contribution in [-0.4, -0.2) is 35.6 Å². The van der Waals surface area contributed by atoms with Crippen molar-refractivity contribution in [1.82, 2.24) is 4.90 Å². The SMILES string of the molecule is CC(C)C(=O)O.CC(C)CCCCCCN(CCCCCCC(C)C)CCCCCCC(C)C. The van der Waals surface area contributed by atoms with Crippen LogP contribution in [-0.2, 0) is 4.79 Å². The number of aliphatic carboxylic acids is 1. The second-order valence-corrected chi connectivity index (χ2v) is 12.1. The second kappa shape index (κ2) is 25.5. The molecule has 0 spiro atoms. The zero-order chi connectivity index (χ0) is 26.2. The molecule has 0 bridgehead atoms. The first kappa shape index (κ1) is 35.6. The molecule has 0 aromatic heterocycles. The molecule has 34 heavy (non-hydrogen) atoms. The number of carbonyl (C=O) groups is 1. The van der Waals surface area contributed by atoms with Gasteiger partial charge in [-0.3, -0.25) is 4.79 Å². The van der Waals surface area contributed by atoms with Crippen LogP contribution in [0.2, 0.25) is 0 Å². The van der Waals surface area contributed by atoms with E-state index in [1.807, 2.05) is 0 Å². The average Bonchev–Trinajstić information content (AvgIpc) is 2.74. The van der Waals surface area contributed by atoms with Crippen LogP contribution in [0.15, 0.2) is 0 Å². The van der Waals surface area contributed by atoms with E-state index in [4.69, 9.17) is 5.11 Å². The molecule has 0 fully saturated rings. The normalized spacial score (nSPS) is 11.7. The molecule has 0 aliphatic carbocycles. The first-order valence-electron chi connectivity index (χ1n) is 15.0. The standard InChI is InChI=1S/C27H57N.C4H8O2/c1-25(2)19-13-7-10-16-22-28(23-17-11-8-14-20-26(3)4)24-18-12-9-15-21-27(5)6;1-3(2)4(5)6/h25-27H,7-24H2,1-6H3;3H,1-2H3,(H,5,6). The van der Waals surface area contributed by atoms with Crippen molar-refractivity contribution < 1.29 is 9.90 Å². The molecule has 0 heterocycles. The highest BCUT2D eigenvalue weighted by Gasteiger charge is 2.06. The van der Waals surface area contributed by atoms with Crippen LogP contribution in [0.3, 0.4) is 0 Å². The van der Waals surface area contributed by atoms with E-state index in [0.29, 0.717) is 0 Å². The smallest absolute Gasteiger partial charge is 0.305 e. The first-order valence-corrected chi connectivity index (χ1v) is 15.0. The lowest BCUT2D eigenvalue weighted by atomic mass is 10.0. The highest BCUT2D eigenvalue weighted by Crippen LogP contribution is 2.14. The molecule has 0 aliphatic rings. The van der Waals surface area contributed by atoms with Gasteiger partial charge >= 0.3 is 5.97 Å². The summed E-state index contributed by atoms with van der Waals surface area (Å²) in [6.07, 6.45) is 21.4. The molecule has 0 aromatic carbocycles. The Balaban J connectivity index is 0. The fraction of sp³-hybridized carbons (Fsp3) is 0.968. The van der Waals surface area contributed by atoms with Gasteiger partial charge in [-0.05, 0) is 56.7 Å². The summed E-state index contributed by atoms with van der Waals surface area (Å²) in [6, 6.07) is 0. The van der Waals surface area contributed by atoms with Crippen LogP contribution in [0.5, 0.6) is 0 Å². The molecule has 0 atom stereocenters. The summed E-state index contributed by atoms with van der Waals surface area (Å²) in [5.74, 6) is 1.66. The van der Waals surface area contributed by atoms with Crippen LogP contribution in [0.4, 0.5) is 0 Å². The molecule has 1 N–H and O–H groups in total. The Labute approximate surface area is 215 Å². The van der Waals surface area contributed by atoms with Gasteiger partial charge in [0.05, 0.1) is 5.92 Å². The van der Waals surface area contributed by atoms with E-state index < -0.39 is 5.97 Å². The minimum absolute atomic E-state index is 0.231. The molecule has 0 unspecified atom stereocenters. The van der Waals surface area contributed by atoms with Gasteiger partial charge in [-0.1, -0.05) is 132 Å². The van der Waals surface area contributed by atoms with Gasteiger partial charge < -0.3 is 10.0 Å². The molecular weight excluding hydrogens is 418 g/mol. The lowest BCUT2D eigenvalue weighted by molar-refractivity contribution is -0.140. The van der Waals surface area contributed by atoms with Crippen molar-refractivity contribution >= 4 is 5.97 Å². The number of carboxylic acid groups (broad SMARTS) is 1. The predicted octanol–water partition coefficient (Wildman–Crippen LogP) is 9.83. The third-order valence-electron chi connectivity index (χ3n) is 6.51. The van der Waals surface area contributed by atoms with Crippen molar-refractivity contribution in [3.63, 3.8) is 0 Å². The summed E-state index contributed by atoms with van der Waals surface area (Å²) >= 11 is 0. The minimum atomic E-state index is -0.741. The monoisotopic (exact) mass is 484 g/mol. The average molecular weight is 484 g/mol. The van der Waals surface area contributed by atoms with Gasteiger partial charge in [-0.2, -0.15) is 0 Å². The van der Waals surface area contributed by atoms with E-state index in [1.165, 1.54) is 116 Å². The summed E-state index contributed by atoms with van der Waals surface area (Å²) < 4.78 is 0. The van der Waals surface area contributed by atoms with Gasteiger partial charge in [-0.15, -0.1) is 0 Å². The van der Waals surface area contributed by atoms with E-state index in [9.17, 15) is 4.79 Å². The maximum atomic E-state index is 9.70. The summed E-state index contributed by atoms with van der Waals surface area (Å²) in [6.45, 7) is 21.4. The van der Waals surface area contributed by atoms with E-state index in [-0.39, 0.29) is 5.92 Å². The fourth-order valence-electron chi connectivity index (χ4n) is 4.06. The van der Waals surface area contributed by atoms with Crippen molar-refractivity contribution in [3.05, 3.63) is 0 Å². The number of rotatable bonds is 22. The maximum Gasteiger partial charge on any atom is 0.305 e. The number of hydrogen-bond acceptors (Lipinski definition) is 2. The number of unbranched alkanes of at least 4 members (excludes halogenated alkanes) is 9.